The number of nitrogens with zero attached hydrogens (tertiary/aromatic N) is 1. The van der Waals surface area contributed by atoms with Crippen molar-refractivity contribution in [3.8, 4) is 0 Å². The molecule has 0 spiro atoms. The second-order valence-electron chi connectivity index (χ2n) is 2.90. The molecule has 0 aliphatic carbocycles. The number of carbonyl (C=O) groups excluding carboxylic acids is 1. The average Bonchev–Trinajstić information content (AvgIpc) is 2.17. The smallest absolute Gasteiger partial charge is 0.226 e. The Kier molecular flexibility index (Phi) is 3.62. The first-order valence-electron chi connectivity index (χ1n) is 3.99. The maximum atomic E-state index is 11.1. The number of nitrogens with one attached hydrogen (secondary N) is 2. The Morgan fingerprint density at radius 3 is 2.33 bits per heavy atom. The second kappa shape index (κ2) is 4.52. The van der Waals surface area contributed by atoms with Gasteiger partial charge in [0.15, 0.2) is 0 Å². The highest BCUT2D eigenvalue weighted by atomic mass is 16.1. The summed E-state index contributed by atoms with van der Waals surface area (Å²) < 4.78 is 0. The molecule has 0 atom stereocenters. The molecule has 1 amide bonds. The number of piperidine rings is 1. The van der Waals surface area contributed by atoms with E-state index in [1.165, 1.54) is 0 Å². The molecule has 1 rings (SSSR count). The molecule has 12 heavy (non-hydrogen) atoms. The first kappa shape index (κ1) is 9.61. The number of rotatable bonds is 2. The van der Waals surface area contributed by atoms with Crippen LogP contribution < -0.4 is 10.6 Å². The molecule has 4 nitrogen and oxygen atoms in total. The van der Waals surface area contributed by atoms with Crippen molar-refractivity contribution in [1.82, 2.24) is 15.6 Å². The Morgan fingerprint density at radius 2 is 1.92 bits per heavy atom. The van der Waals surface area contributed by atoms with Crippen LogP contribution in [-0.2, 0) is 4.79 Å². The predicted octanol–water partition coefficient (Wildman–Crippen LogP) is -1.51. The Morgan fingerprint density at radius 1 is 1.33 bits per heavy atom. The number of hydrazine groups is 1. The third-order valence-corrected chi connectivity index (χ3v) is 2.19. The summed E-state index contributed by atoms with van der Waals surface area (Å²) >= 11 is 0. The van der Waals surface area contributed by atoms with Crippen molar-refractivity contribution in [2.24, 2.45) is 5.92 Å². The summed E-state index contributed by atoms with van der Waals surface area (Å²) in [6, 6.07) is 0. The lowest BCUT2D eigenvalue weighted by atomic mass is 9.96. The minimum Gasteiger partial charge on any atom is -0.409 e. The van der Waals surface area contributed by atoms with Crippen LogP contribution >= 0.6 is 0 Å². The first-order chi connectivity index (χ1) is 5.77. The Hall–Kier alpha value is -0.480. The van der Waals surface area contributed by atoms with E-state index in [4.69, 9.17) is 16.0 Å². The van der Waals surface area contributed by atoms with Crippen molar-refractivity contribution in [2.75, 3.05) is 13.1 Å². The number of hydrogen-bond donors (Lipinski definition) is 2. The van der Waals surface area contributed by atoms with Crippen molar-refractivity contribution in [3.63, 3.8) is 0 Å². The van der Waals surface area contributed by atoms with E-state index in [0.717, 1.165) is 25.9 Å². The molecule has 2 N–H and O–H groups in total. The van der Waals surface area contributed by atoms with Crippen molar-refractivity contribution in [2.45, 2.75) is 12.8 Å². The molecule has 1 fully saturated rings. The monoisotopic (exact) mass is 163 g/mol. The summed E-state index contributed by atoms with van der Waals surface area (Å²) in [6.07, 6.45) is 1.60. The Balaban J connectivity index is 2.30. The molecule has 1 aliphatic rings. The SMILES string of the molecule is [B]NC(=O)C1CCN(N[B])CC1. The first-order valence-corrected chi connectivity index (χ1v) is 3.99. The van der Waals surface area contributed by atoms with Crippen LogP contribution in [0.5, 0.6) is 0 Å². The van der Waals surface area contributed by atoms with Crippen molar-refractivity contribution in [1.29, 1.82) is 0 Å². The van der Waals surface area contributed by atoms with Gasteiger partial charge in [-0.05, 0) is 12.8 Å². The maximum Gasteiger partial charge on any atom is 0.226 e. The molecule has 0 unspecified atom stereocenters. The zero-order valence-electron chi connectivity index (χ0n) is 6.92. The van der Waals surface area contributed by atoms with Crippen LogP contribution in [0.25, 0.3) is 0 Å². The molecule has 1 aliphatic heterocycles. The minimum absolute atomic E-state index is 0.0413. The fraction of sp³-hybridized carbons (Fsp3) is 0.833. The summed E-state index contributed by atoms with van der Waals surface area (Å²) in [5, 5.41) is 6.59. The van der Waals surface area contributed by atoms with Crippen LogP contribution in [0.15, 0.2) is 0 Å². The van der Waals surface area contributed by atoms with Crippen molar-refractivity contribution >= 4 is 21.9 Å². The van der Waals surface area contributed by atoms with Gasteiger partial charge in [-0.15, -0.1) is 0 Å². The summed E-state index contributed by atoms with van der Waals surface area (Å²) in [5.41, 5.74) is 0. The number of hydrogen-bond acceptors (Lipinski definition) is 3. The molecule has 0 aromatic rings. The largest absolute Gasteiger partial charge is 0.409 e. The van der Waals surface area contributed by atoms with Crippen LogP contribution in [0.4, 0.5) is 0 Å². The van der Waals surface area contributed by atoms with E-state index < -0.39 is 0 Å². The minimum atomic E-state index is -0.0772. The molecule has 0 aromatic carbocycles. The van der Waals surface area contributed by atoms with Gasteiger partial charge < -0.3 is 10.6 Å². The van der Waals surface area contributed by atoms with Gasteiger partial charge in [-0.3, -0.25) is 9.80 Å². The van der Waals surface area contributed by atoms with E-state index >= 15 is 0 Å². The lowest BCUT2D eigenvalue weighted by molar-refractivity contribution is -0.124. The van der Waals surface area contributed by atoms with Gasteiger partial charge in [0.1, 0.15) is 0 Å². The van der Waals surface area contributed by atoms with Gasteiger partial charge in [0.2, 0.25) is 21.9 Å². The van der Waals surface area contributed by atoms with E-state index in [1.807, 2.05) is 5.01 Å². The molecule has 1 heterocycles. The highest BCUT2D eigenvalue weighted by Gasteiger charge is 2.22. The van der Waals surface area contributed by atoms with Crippen LogP contribution in [0.2, 0.25) is 0 Å². The van der Waals surface area contributed by atoms with Gasteiger partial charge in [-0.1, -0.05) is 0 Å². The Labute approximate surface area is 74.9 Å². The maximum absolute atomic E-state index is 11.1. The average molecular weight is 163 g/mol. The van der Waals surface area contributed by atoms with E-state index in [1.54, 1.807) is 0 Å². The van der Waals surface area contributed by atoms with Gasteiger partial charge in [0.05, 0.1) is 0 Å². The number of amides is 1. The number of carbonyl (C=O) groups is 1. The molecular formula is C6H11B2N3O. The third kappa shape index (κ3) is 2.25. The molecule has 0 saturated carbocycles. The molecule has 62 valence electrons. The second-order valence-corrected chi connectivity index (χ2v) is 2.90. The zero-order chi connectivity index (χ0) is 8.97. The summed E-state index contributed by atoms with van der Waals surface area (Å²) in [5.74, 6) is -0.0359. The van der Waals surface area contributed by atoms with Crippen LogP contribution in [0.3, 0.4) is 0 Å². The fourth-order valence-electron chi connectivity index (χ4n) is 1.39. The molecular weight excluding hydrogens is 152 g/mol. The summed E-state index contributed by atoms with van der Waals surface area (Å²) in [7, 11) is 10.2. The fourth-order valence-corrected chi connectivity index (χ4v) is 1.39. The van der Waals surface area contributed by atoms with E-state index in [2.05, 4.69) is 10.6 Å². The van der Waals surface area contributed by atoms with Crippen molar-refractivity contribution in [3.05, 3.63) is 0 Å². The van der Waals surface area contributed by atoms with Gasteiger partial charge in [0.25, 0.3) is 0 Å². The lowest BCUT2D eigenvalue weighted by Crippen LogP contribution is -2.45. The standard InChI is InChI=1S/C6H11B2N3O/c7-9-6(12)5-1-3-11(10-8)4-2-5/h5,10H,1-4H2,(H,9,12). The molecule has 6 heteroatoms. The van der Waals surface area contributed by atoms with Crippen molar-refractivity contribution < 1.29 is 4.79 Å². The molecule has 4 radical (unpaired) electrons. The third-order valence-electron chi connectivity index (χ3n) is 2.19. The Bertz CT molecular complexity index is 159. The van der Waals surface area contributed by atoms with E-state index in [-0.39, 0.29) is 11.8 Å². The highest BCUT2D eigenvalue weighted by molar-refractivity contribution is 6.14. The quantitative estimate of drug-likeness (QED) is 0.486. The predicted molar refractivity (Wildman–Crippen MR) is 47.1 cm³/mol. The molecule has 0 aromatic heterocycles. The van der Waals surface area contributed by atoms with Gasteiger partial charge in [-0.25, -0.2) is 0 Å². The van der Waals surface area contributed by atoms with Gasteiger partial charge in [-0.2, -0.15) is 0 Å². The zero-order valence-corrected chi connectivity index (χ0v) is 6.92. The van der Waals surface area contributed by atoms with E-state index in [9.17, 15) is 4.79 Å². The highest BCUT2D eigenvalue weighted by Crippen LogP contribution is 2.15. The molecule has 1 saturated heterocycles. The lowest BCUT2D eigenvalue weighted by Gasteiger charge is -2.30. The summed E-state index contributed by atoms with van der Waals surface area (Å²) in [6.45, 7) is 1.57. The van der Waals surface area contributed by atoms with Crippen LogP contribution in [0.1, 0.15) is 12.8 Å². The van der Waals surface area contributed by atoms with Gasteiger partial charge >= 0.3 is 0 Å². The molecule has 0 bridgehead atoms. The van der Waals surface area contributed by atoms with E-state index in [0.29, 0.717) is 0 Å². The topological polar surface area (TPSA) is 44.4 Å². The van der Waals surface area contributed by atoms with Gasteiger partial charge in [0, 0.05) is 19.0 Å². The summed E-state index contributed by atoms with van der Waals surface area (Å²) in [4.78, 5) is 11.1. The normalized spacial score (nSPS) is 20.7. The van der Waals surface area contributed by atoms with Crippen LogP contribution in [-0.4, -0.2) is 40.0 Å². The van der Waals surface area contributed by atoms with Crippen LogP contribution in [0, 0.1) is 5.92 Å².